The minimum absolute atomic E-state index is 0.165. The predicted octanol–water partition coefficient (Wildman–Crippen LogP) is 4.73. The third-order valence-electron chi connectivity index (χ3n) is 5.60. The normalized spacial score (nSPS) is 13.4. The maximum Gasteiger partial charge on any atom is 0.282 e. The van der Waals surface area contributed by atoms with Crippen LogP contribution in [0.4, 0.5) is 11.4 Å². The fourth-order valence-corrected chi connectivity index (χ4v) is 4.02. The van der Waals surface area contributed by atoms with Gasteiger partial charge in [0.1, 0.15) is 22.9 Å². The molecule has 0 atom stereocenters. The van der Waals surface area contributed by atoms with E-state index in [9.17, 15) is 9.59 Å². The number of methoxy groups -OCH3 is 3. The molecule has 3 aromatic rings. The Balaban J connectivity index is 1.84. The molecule has 7 heteroatoms. The number of nitrogens with zero attached hydrogens (tertiary/aromatic N) is 1. The summed E-state index contributed by atoms with van der Waals surface area (Å²) in [6, 6.07) is 17.9. The van der Waals surface area contributed by atoms with Gasteiger partial charge in [0.25, 0.3) is 11.8 Å². The zero-order chi connectivity index (χ0) is 24.4. The molecule has 0 saturated carbocycles. The molecule has 1 aliphatic heterocycles. The van der Waals surface area contributed by atoms with E-state index >= 15 is 0 Å². The van der Waals surface area contributed by atoms with Gasteiger partial charge in [-0.2, -0.15) is 0 Å². The summed E-state index contributed by atoms with van der Waals surface area (Å²) in [4.78, 5) is 28.5. The number of benzene rings is 3. The molecule has 0 bridgehead atoms. The average Bonchev–Trinajstić information content (AvgIpc) is 3.07. The molecule has 0 aliphatic carbocycles. The van der Waals surface area contributed by atoms with Crippen molar-refractivity contribution in [2.24, 2.45) is 0 Å². The van der Waals surface area contributed by atoms with Gasteiger partial charge in [0, 0.05) is 6.07 Å². The van der Waals surface area contributed by atoms with Crippen molar-refractivity contribution in [3.63, 3.8) is 0 Å². The zero-order valence-electron chi connectivity index (χ0n) is 19.8. The average molecular weight is 459 g/mol. The molecule has 0 radical (unpaired) electrons. The Hall–Kier alpha value is -4.26. The lowest BCUT2D eigenvalue weighted by atomic mass is 10.0. The van der Waals surface area contributed by atoms with E-state index < -0.39 is 11.8 Å². The van der Waals surface area contributed by atoms with Gasteiger partial charge < -0.3 is 19.5 Å². The van der Waals surface area contributed by atoms with Crippen LogP contribution in [0.2, 0.25) is 0 Å². The van der Waals surface area contributed by atoms with Crippen molar-refractivity contribution in [1.82, 2.24) is 0 Å². The third-order valence-corrected chi connectivity index (χ3v) is 5.60. The van der Waals surface area contributed by atoms with Crippen molar-refractivity contribution in [3.8, 4) is 17.2 Å². The predicted molar refractivity (Wildman–Crippen MR) is 131 cm³/mol. The number of amides is 2. The molecule has 1 aliphatic rings. The summed E-state index contributed by atoms with van der Waals surface area (Å²) in [7, 11) is 4.67. The van der Waals surface area contributed by atoms with E-state index in [1.807, 2.05) is 32.0 Å². The Bertz CT molecular complexity index is 1270. The highest BCUT2D eigenvalue weighted by atomic mass is 16.5. The molecule has 7 nitrogen and oxygen atoms in total. The second-order valence-electron chi connectivity index (χ2n) is 7.96. The Labute approximate surface area is 198 Å². The molecular formula is C27H26N2O5. The fraction of sp³-hybridized carbons (Fsp3) is 0.185. The highest BCUT2D eigenvalue weighted by Crippen LogP contribution is 2.37. The number of rotatable bonds is 7. The number of ether oxygens (including phenoxy) is 3. The topological polar surface area (TPSA) is 77.1 Å². The fourth-order valence-electron chi connectivity index (χ4n) is 4.02. The second-order valence-corrected chi connectivity index (χ2v) is 7.96. The van der Waals surface area contributed by atoms with E-state index in [1.165, 1.54) is 12.0 Å². The molecule has 1 heterocycles. The summed E-state index contributed by atoms with van der Waals surface area (Å²) < 4.78 is 16.0. The van der Waals surface area contributed by atoms with Crippen LogP contribution in [0.5, 0.6) is 17.2 Å². The van der Waals surface area contributed by atoms with Crippen molar-refractivity contribution < 1.29 is 23.8 Å². The van der Waals surface area contributed by atoms with E-state index in [4.69, 9.17) is 14.2 Å². The number of nitrogens with one attached hydrogen (secondary N) is 1. The van der Waals surface area contributed by atoms with Crippen LogP contribution in [0.3, 0.4) is 0 Å². The molecule has 3 aromatic carbocycles. The molecule has 0 fully saturated rings. The molecule has 34 heavy (non-hydrogen) atoms. The van der Waals surface area contributed by atoms with Crippen LogP contribution in [0.1, 0.15) is 16.7 Å². The zero-order valence-corrected chi connectivity index (χ0v) is 19.8. The van der Waals surface area contributed by atoms with E-state index in [0.717, 1.165) is 11.1 Å². The Morgan fingerprint density at radius 2 is 1.32 bits per heavy atom. The first-order chi connectivity index (χ1) is 16.4. The van der Waals surface area contributed by atoms with Gasteiger partial charge in [0.05, 0.1) is 38.3 Å². The van der Waals surface area contributed by atoms with Gasteiger partial charge >= 0.3 is 0 Å². The number of imide groups is 1. The monoisotopic (exact) mass is 458 g/mol. The summed E-state index contributed by atoms with van der Waals surface area (Å²) in [5.41, 5.74) is 4.01. The number of aryl methyl sites for hydroxylation is 2. The van der Waals surface area contributed by atoms with Crippen LogP contribution in [0.15, 0.2) is 66.4 Å². The second kappa shape index (κ2) is 9.31. The van der Waals surface area contributed by atoms with Crippen LogP contribution in [-0.2, 0) is 9.59 Å². The van der Waals surface area contributed by atoms with Gasteiger partial charge in [-0.3, -0.25) is 9.59 Å². The van der Waals surface area contributed by atoms with Crippen LogP contribution >= 0.6 is 0 Å². The molecule has 0 unspecified atom stereocenters. The van der Waals surface area contributed by atoms with Crippen LogP contribution in [-0.4, -0.2) is 33.1 Å². The summed E-state index contributed by atoms with van der Waals surface area (Å²) in [6.45, 7) is 3.86. The Morgan fingerprint density at radius 1 is 0.706 bits per heavy atom. The maximum atomic E-state index is 13.7. The number of carbonyl (C=O) groups excluding carboxylic acids is 2. The smallest absolute Gasteiger partial charge is 0.282 e. The molecule has 0 aromatic heterocycles. The van der Waals surface area contributed by atoms with Crippen LogP contribution in [0, 0.1) is 13.8 Å². The standard InChI is InChI=1S/C27H26N2O5/c1-16-12-17(2)14-19(13-16)29-26(30)24(18-6-8-20(32-3)9-7-18)25(27(29)31)28-22-11-10-21(33-4)15-23(22)34-5/h6-15,28H,1-5H3. The van der Waals surface area contributed by atoms with Crippen molar-refractivity contribution in [3.05, 3.63) is 83.1 Å². The largest absolute Gasteiger partial charge is 0.497 e. The Morgan fingerprint density at radius 3 is 1.91 bits per heavy atom. The summed E-state index contributed by atoms with van der Waals surface area (Å²) in [5.74, 6) is 0.885. The number of hydrogen-bond acceptors (Lipinski definition) is 6. The van der Waals surface area contributed by atoms with Gasteiger partial charge in [-0.15, -0.1) is 0 Å². The van der Waals surface area contributed by atoms with Gasteiger partial charge in [-0.1, -0.05) is 18.2 Å². The lowest BCUT2D eigenvalue weighted by Crippen LogP contribution is -2.32. The van der Waals surface area contributed by atoms with E-state index in [0.29, 0.717) is 34.2 Å². The Kier molecular flexibility index (Phi) is 6.27. The SMILES string of the molecule is COc1ccc(C2=C(Nc3ccc(OC)cc3OC)C(=O)N(c3cc(C)cc(C)c3)C2=O)cc1. The van der Waals surface area contributed by atoms with Gasteiger partial charge in [-0.25, -0.2) is 4.90 Å². The van der Waals surface area contributed by atoms with Crippen molar-refractivity contribution >= 4 is 28.8 Å². The van der Waals surface area contributed by atoms with E-state index in [1.54, 1.807) is 56.7 Å². The highest BCUT2D eigenvalue weighted by Gasteiger charge is 2.40. The highest BCUT2D eigenvalue weighted by molar-refractivity contribution is 6.46. The molecule has 0 spiro atoms. The number of hydrogen-bond donors (Lipinski definition) is 1. The first-order valence-electron chi connectivity index (χ1n) is 10.7. The van der Waals surface area contributed by atoms with Gasteiger partial charge in [0.15, 0.2) is 0 Å². The van der Waals surface area contributed by atoms with Crippen molar-refractivity contribution in [1.29, 1.82) is 0 Å². The van der Waals surface area contributed by atoms with E-state index in [-0.39, 0.29) is 11.3 Å². The van der Waals surface area contributed by atoms with Crippen LogP contribution < -0.4 is 24.4 Å². The first kappa shape index (κ1) is 22.9. The molecule has 1 N–H and O–H groups in total. The number of carbonyl (C=O) groups is 2. The lowest BCUT2D eigenvalue weighted by Gasteiger charge is -2.17. The summed E-state index contributed by atoms with van der Waals surface area (Å²) in [5, 5.41) is 3.15. The molecule has 2 amide bonds. The van der Waals surface area contributed by atoms with E-state index in [2.05, 4.69) is 5.32 Å². The first-order valence-corrected chi connectivity index (χ1v) is 10.7. The van der Waals surface area contributed by atoms with Crippen molar-refractivity contribution in [2.45, 2.75) is 13.8 Å². The number of anilines is 2. The molecular weight excluding hydrogens is 432 g/mol. The van der Waals surface area contributed by atoms with Gasteiger partial charge in [0.2, 0.25) is 0 Å². The molecule has 174 valence electrons. The minimum Gasteiger partial charge on any atom is -0.497 e. The lowest BCUT2D eigenvalue weighted by molar-refractivity contribution is -0.120. The quantitative estimate of drug-likeness (QED) is 0.516. The summed E-state index contributed by atoms with van der Waals surface area (Å²) in [6.07, 6.45) is 0. The van der Waals surface area contributed by atoms with Crippen molar-refractivity contribution in [2.75, 3.05) is 31.5 Å². The van der Waals surface area contributed by atoms with Gasteiger partial charge in [-0.05, 0) is 66.9 Å². The minimum atomic E-state index is -0.446. The maximum absolute atomic E-state index is 13.7. The molecule has 0 saturated heterocycles. The molecule has 4 rings (SSSR count). The summed E-state index contributed by atoms with van der Waals surface area (Å²) >= 11 is 0. The third kappa shape index (κ3) is 4.20. The van der Waals surface area contributed by atoms with Crippen LogP contribution in [0.25, 0.3) is 5.57 Å².